The third kappa shape index (κ3) is 3.67. The van der Waals surface area contributed by atoms with Gasteiger partial charge in [0.05, 0.1) is 11.6 Å². The molecule has 0 amide bonds. The van der Waals surface area contributed by atoms with Gasteiger partial charge < -0.3 is 4.90 Å². The average molecular weight is 347 g/mol. The van der Waals surface area contributed by atoms with E-state index in [0.717, 1.165) is 12.1 Å². The van der Waals surface area contributed by atoms with Crippen molar-refractivity contribution in [2.45, 2.75) is 33.0 Å². The number of hydrogen-bond acceptors (Lipinski definition) is 3. The van der Waals surface area contributed by atoms with E-state index in [9.17, 15) is 13.2 Å². The molecule has 1 aliphatic heterocycles. The molecule has 0 N–H and O–H groups in total. The lowest BCUT2D eigenvalue weighted by atomic mass is 9.87. The molecule has 1 aromatic carbocycles. The quantitative estimate of drug-likeness (QED) is 0.782. The molecule has 6 heteroatoms. The van der Waals surface area contributed by atoms with Gasteiger partial charge in [0.1, 0.15) is 5.69 Å². The highest BCUT2D eigenvalue weighted by molar-refractivity contribution is 6.10. The van der Waals surface area contributed by atoms with Crippen molar-refractivity contribution in [3.8, 4) is 0 Å². The summed E-state index contributed by atoms with van der Waals surface area (Å²) in [7, 11) is 0. The van der Waals surface area contributed by atoms with Crippen molar-refractivity contribution in [2.75, 3.05) is 11.4 Å². The largest absolute Gasteiger partial charge is 0.416 e. The number of anilines is 1. The third-order valence-electron chi connectivity index (χ3n) is 4.29. The topological polar surface area (TPSA) is 28.5 Å². The molecular formula is C19H20F3N3. The van der Waals surface area contributed by atoms with Crippen LogP contribution >= 0.6 is 0 Å². The molecule has 0 saturated carbocycles. The van der Waals surface area contributed by atoms with Crippen LogP contribution in [0.2, 0.25) is 0 Å². The first-order valence-corrected chi connectivity index (χ1v) is 8.10. The summed E-state index contributed by atoms with van der Waals surface area (Å²) in [5.41, 5.74) is 0.693. The fourth-order valence-electron chi connectivity index (χ4n) is 2.74. The number of rotatable bonds is 2. The summed E-state index contributed by atoms with van der Waals surface area (Å²) in [6.45, 7) is 6.93. The van der Waals surface area contributed by atoms with E-state index in [1.807, 2.05) is 23.1 Å². The maximum Gasteiger partial charge on any atom is 0.416 e. The molecule has 2 heterocycles. The molecule has 1 aromatic heterocycles. The summed E-state index contributed by atoms with van der Waals surface area (Å²) in [6.07, 6.45) is -2.65. The van der Waals surface area contributed by atoms with Gasteiger partial charge in [-0.25, -0.2) is 0 Å². The van der Waals surface area contributed by atoms with Gasteiger partial charge in [0, 0.05) is 18.4 Å². The Hall–Kier alpha value is -2.37. The van der Waals surface area contributed by atoms with E-state index in [0.29, 0.717) is 23.8 Å². The summed E-state index contributed by atoms with van der Waals surface area (Å²) in [4.78, 5) is 11.1. The van der Waals surface area contributed by atoms with E-state index >= 15 is 0 Å². The van der Waals surface area contributed by atoms with Gasteiger partial charge in [0.2, 0.25) is 0 Å². The van der Waals surface area contributed by atoms with E-state index in [2.05, 4.69) is 25.8 Å². The molecule has 25 heavy (non-hydrogen) atoms. The van der Waals surface area contributed by atoms with Crippen LogP contribution in [0, 0.1) is 5.41 Å². The average Bonchev–Trinajstić information content (AvgIpc) is 3.00. The van der Waals surface area contributed by atoms with Crippen LogP contribution in [0.5, 0.6) is 0 Å². The molecule has 0 saturated heterocycles. The number of benzene rings is 1. The third-order valence-corrected chi connectivity index (χ3v) is 4.29. The van der Waals surface area contributed by atoms with Gasteiger partial charge in [-0.3, -0.25) is 9.98 Å². The van der Waals surface area contributed by atoms with Gasteiger partial charge >= 0.3 is 6.18 Å². The van der Waals surface area contributed by atoms with E-state index in [-0.39, 0.29) is 11.5 Å². The van der Waals surface area contributed by atoms with Crippen LogP contribution in [0.3, 0.4) is 0 Å². The summed E-state index contributed by atoms with van der Waals surface area (Å²) in [5, 5.41) is 0. The van der Waals surface area contributed by atoms with Crippen molar-refractivity contribution in [3.05, 3.63) is 59.9 Å². The predicted octanol–water partition coefficient (Wildman–Crippen LogP) is 4.78. The zero-order valence-electron chi connectivity index (χ0n) is 14.4. The molecular weight excluding hydrogens is 327 g/mol. The molecule has 0 unspecified atom stereocenters. The van der Waals surface area contributed by atoms with Crippen LogP contribution in [0.1, 0.15) is 32.0 Å². The van der Waals surface area contributed by atoms with Gasteiger partial charge in [-0.15, -0.1) is 0 Å². The second-order valence-corrected chi connectivity index (χ2v) is 7.20. The van der Waals surface area contributed by atoms with Crippen LogP contribution in [0.25, 0.3) is 0 Å². The zero-order valence-corrected chi connectivity index (χ0v) is 14.4. The Morgan fingerprint density at radius 2 is 1.68 bits per heavy atom. The molecule has 1 atom stereocenters. The number of nitrogens with zero attached hydrogens (tertiary/aromatic N) is 3. The first-order valence-electron chi connectivity index (χ1n) is 8.10. The molecule has 2 aromatic rings. The summed E-state index contributed by atoms with van der Waals surface area (Å²) in [5.74, 6) is 0.695. The number of aromatic nitrogens is 1. The first kappa shape index (κ1) is 17.5. The fourth-order valence-corrected chi connectivity index (χ4v) is 2.74. The standard InChI is InChI=1S/C19H20F3N3/c1-18(2,3)16-12-25(17(24-16)15-6-4-5-11-23-15)14-9-7-13(8-10-14)19(20,21)22/h4-11,16H,12H2,1-3H3/t16-/m1/s1. The molecule has 3 rings (SSSR count). The minimum absolute atomic E-state index is 0.0341. The Kier molecular flexibility index (Phi) is 4.31. The second kappa shape index (κ2) is 6.17. The van der Waals surface area contributed by atoms with Gasteiger partial charge in [-0.2, -0.15) is 13.2 Å². The molecule has 0 aliphatic carbocycles. The maximum absolute atomic E-state index is 12.8. The minimum atomic E-state index is -4.34. The van der Waals surface area contributed by atoms with Crippen LogP contribution in [0.4, 0.5) is 18.9 Å². The van der Waals surface area contributed by atoms with Crippen molar-refractivity contribution in [3.63, 3.8) is 0 Å². The Morgan fingerprint density at radius 1 is 1.00 bits per heavy atom. The maximum atomic E-state index is 12.8. The number of amidine groups is 1. The Morgan fingerprint density at radius 3 is 2.20 bits per heavy atom. The van der Waals surface area contributed by atoms with E-state index in [1.54, 1.807) is 6.20 Å². The molecule has 0 bridgehead atoms. The number of hydrogen-bond donors (Lipinski definition) is 0. The minimum Gasteiger partial charge on any atom is -0.323 e. The Bertz CT molecular complexity index is 759. The smallest absolute Gasteiger partial charge is 0.323 e. The Labute approximate surface area is 145 Å². The van der Waals surface area contributed by atoms with Crippen LogP contribution in [-0.2, 0) is 6.18 Å². The van der Waals surface area contributed by atoms with Crippen LogP contribution in [0.15, 0.2) is 53.7 Å². The summed E-state index contributed by atoms with van der Waals surface area (Å²) < 4.78 is 38.4. The molecule has 0 radical (unpaired) electrons. The predicted molar refractivity (Wildman–Crippen MR) is 92.8 cm³/mol. The second-order valence-electron chi connectivity index (χ2n) is 7.20. The number of aliphatic imine (C=N–C) groups is 1. The van der Waals surface area contributed by atoms with Crippen molar-refractivity contribution in [1.82, 2.24) is 4.98 Å². The highest BCUT2D eigenvalue weighted by Crippen LogP contribution is 2.34. The number of alkyl halides is 3. The monoisotopic (exact) mass is 347 g/mol. The highest BCUT2D eigenvalue weighted by Gasteiger charge is 2.36. The van der Waals surface area contributed by atoms with Gasteiger partial charge in [0.25, 0.3) is 0 Å². The van der Waals surface area contributed by atoms with Crippen molar-refractivity contribution >= 4 is 11.5 Å². The summed E-state index contributed by atoms with van der Waals surface area (Å²) >= 11 is 0. The number of pyridine rings is 1. The SMILES string of the molecule is CC(C)(C)[C@H]1CN(c2ccc(C(F)(F)F)cc2)C(c2ccccn2)=N1. The first-order chi connectivity index (χ1) is 11.7. The van der Waals surface area contributed by atoms with Crippen molar-refractivity contribution in [1.29, 1.82) is 0 Å². The van der Waals surface area contributed by atoms with Gasteiger partial charge in [0.15, 0.2) is 5.84 Å². The molecule has 1 aliphatic rings. The van der Waals surface area contributed by atoms with E-state index in [4.69, 9.17) is 4.99 Å². The fraction of sp³-hybridized carbons (Fsp3) is 0.368. The molecule has 0 spiro atoms. The lowest BCUT2D eigenvalue weighted by Crippen LogP contribution is -2.34. The van der Waals surface area contributed by atoms with E-state index in [1.165, 1.54) is 12.1 Å². The lowest BCUT2D eigenvalue weighted by molar-refractivity contribution is -0.137. The van der Waals surface area contributed by atoms with Gasteiger partial charge in [-0.05, 0) is 41.8 Å². The van der Waals surface area contributed by atoms with E-state index < -0.39 is 11.7 Å². The number of halogens is 3. The normalized spacial score (nSPS) is 18.4. The van der Waals surface area contributed by atoms with Crippen LogP contribution in [-0.4, -0.2) is 23.4 Å². The molecule has 132 valence electrons. The summed E-state index contributed by atoms with van der Waals surface area (Å²) in [6, 6.07) is 10.8. The lowest BCUT2D eigenvalue weighted by Gasteiger charge is -2.26. The zero-order chi connectivity index (χ0) is 18.2. The highest BCUT2D eigenvalue weighted by atomic mass is 19.4. The Balaban J connectivity index is 1.98. The van der Waals surface area contributed by atoms with Crippen molar-refractivity contribution < 1.29 is 13.2 Å². The van der Waals surface area contributed by atoms with Crippen molar-refractivity contribution in [2.24, 2.45) is 10.4 Å². The molecule has 3 nitrogen and oxygen atoms in total. The van der Waals surface area contributed by atoms with Gasteiger partial charge in [-0.1, -0.05) is 26.8 Å². The molecule has 0 fully saturated rings. The van der Waals surface area contributed by atoms with Crippen LogP contribution < -0.4 is 4.90 Å².